The Morgan fingerprint density at radius 2 is 1.82 bits per heavy atom. The molecule has 11 nitrogen and oxygen atoms in total. The minimum atomic E-state index is -3.71. The van der Waals surface area contributed by atoms with Crippen molar-refractivity contribution in [1.82, 2.24) is 4.31 Å². The molecule has 2 aromatic rings. The van der Waals surface area contributed by atoms with E-state index in [0.29, 0.717) is 37.8 Å². The Morgan fingerprint density at radius 1 is 1.12 bits per heavy atom. The van der Waals surface area contributed by atoms with Crippen LogP contribution in [0.3, 0.4) is 0 Å². The van der Waals surface area contributed by atoms with Crippen LogP contribution in [0.4, 0.5) is 11.4 Å². The lowest BCUT2D eigenvalue weighted by Crippen LogP contribution is -3.15. The van der Waals surface area contributed by atoms with Crippen LogP contribution in [0.5, 0.6) is 11.5 Å². The summed E-state index contributed by atoms with van der Waals surface area (Å²) in [6.07, 6.45) is 0. The molecule has 2 aliphatic heterocycles. The molecule has 2 N–H and O–H groups in total. The summed E-state index contributed by atoms with van der Waals surface area (Å²) in [4.78, 5) is 23.8. The number of rotatable bonds is 6. The predicted octanol–water partition coefficient (Wildman–Crippen LogP) is 0.547. The number of hydrogen-bond donors (Lipinski definition) is 2. The molecule has 0 unspecified atom stereocenters. The van der Waals surface area contributed by atoms with E-state index in [1.807, 2.05) is 0 Å². The Balaban J connectivity index is 1.35. The standard InChI is InChI=1S/C20H21ClN4O7S/c21-16-3-1-14(25(27)28)11-17(16)22-20(26)13-23-5-7-24(8-6-23)33(29,30)15-2-4-18-19(12-15)32-10-9-31-18/h1-4,11-12H,5-10,13H2,(H,22,26)/p+1. The highest BCUT2D eigenvalue weighted by Gasteiger charge is 2.32. The van der Waals surface area contributed by atoms with Crippen LogP contribution in [0.25, 0.3) is 0 Å². The van der Waals surface area contributed by atoms with Crippen molar-refractivity contribution in [2.75, 3.05) is 51.3 Å². The van der Waals surface area contributed by atoms with Gasteiger partial charge in [0, 0.05) is 18.2 Å². The Hall–Kier alpha value is -2.93. The monoisotopic (exact) mass is 497 g/mol. The first-order valence-electron chi connectivity index (χ1n) is 10.2. The van der Waals surface area contributed by atoms with E-state index in [0.717, 1.165) is 4.90 Å². The number of amides is 1. The fraction of sp³-hybridized carbons (Fsp3) is 0.350. The molecule has 13 heteroatoms. The van der Waals surface area contributed by atoms with Gasteiger partial charge < -0.3 is 19.7 Å². The second kappa shape index (κ2) is 9.51. The van der Waals surface area contributed by atoms with Gasteiger partial charge in [-0.2, -0.15) is 4.31 Å². The summed E-state index contributed by atoms with van der Waals surface area (Å²) in [5, 5.41) is 13.7. The van der Waals surface area contributed by atoms with Gasteiger partial charge in [-0.15, -0.1) is 0 Å². The summed E-state index contributed by atoms with van der Waals surface area (Å²) >= 11 is 6.03. The molecule has 2 heterocycles. The van der Waals surface area contributed by atoms with Crippen LogP contribution in [0.15, 0.2) is 41.3 Å². The molecule has 1 saturated heterocycles. The van der Waals surface area contributed by atoms with Crippen LogP contribution < -0.4 is 19.7 Å². The van der Waals surface area contributed by atoms with Crippen molar-refractivity contribution >= 4 is 38.9 Å². The number of halogens is 1. The lowest BCUT2D eigenvalue weighted by molar-refractivity contribution is -0.895. The fourth-order valence-electron chi connectivity index (χ4n) is 3.70. The first kappa shape index (κ1) is 23.2. The van der Waals surface area contributed by atoms with Gasteiger partial charge >= 0.3 is 0 Å². The normalized spacial score (nSPS) is 16.9. The topological polar surface area (TPSA) is 133 Å². The van der Waals surface area contributed by atoms with Crippen molar-refractivity contribution in [3.63, 3.8) is 0 Å². The molecule has 0 bridgehead atoms. The van der Waals surface area contributed by atoms with E-state index in [4.69, 9.17) is 21.1 Å². The number of hydrogen-bond acceptors (Lipinski definition) is 7. The number of quaternary nitrogens is 1. The maximum absolute atomic E-state index is 13.0. The van der Waals surface area contributed by atoms with Gasteiger partial charge in [0.25, 0.3) is 11.6 Å². The average Bonchev–Trinajstić information content (AvgIpc) is 2.80. The van der Waals surface area contributed by atoms with Gasteiger partial charge in [0.05, 0.1) is 46.7 Å². The Morgan fingerprint density at radius 3 is 2.52 bits per heavy atom. The summed E-state index contributed by atoms with van der Waals surface area (Å²) in [6.45, 7) is 2.22. The molecule has 2 aliphatic rings. The molecule has 0 aliphatic carbocycles. The van der Waals surface area contributed by atoms with E-state index in [2.05, 4.69) is 5.32 Å². The Kier molecular flexibility index (Phi) is 6.70. The first-order chi connectivity index (χ1) is 15.7. The largest absolute Gasteiger partial charge is 0.486 e. The molecular weight excluding hydrogens is 476 g/mol. The van der Waals surface area contributed by atoms with Crippen molar-refractivity contribution in [2.24, 2.45) is 0 Å². The number of nitrogens with zero attached hydrogens (tertiary/aromatic N) is 2. The number of ether oxygens (including phenoxy) is 2. The highest BCUT2D eigenvalue weighted by atomic mass is 35.5. The van der Waals surface area contributed by atoms with Crippen molar-refractivity contribution in [1.29, 1.82) is 0 Å². The van der Waals surface area contributed by atoms with E-state index in [9.17, 15) is 23.3 Å². The SMILES string of the molecule is O=C(C[NH+]1CCN(S(=O)(=O)c2ccc3c(c2)OCCO3)CC1)Nc1cc([N+](=O)[O-])ccc1Cl. The molecule has 33 heavy (non-hydrogen) atoms. The van der Waals surface area contributed by atoms with Gasteiger partial charge in [-0.3, -0.25) is 14.9 Å². The second-order valence-electron chi connectivity index (χ2n) is 7.61. The molecular formula is C20H22ClN4O7S+. The maximum Gasteiger partial charge on any atom is 0.279 e. The number of anilines is 1. The highest BCUT2D eigenvalue weighted by Crippen LogP contribution is 2.33. The molecule has 2 aromatic carbocycles. The third-order valence-electron chi connectivity index (χ3n) is 5.43. The number of carbonyl (C=O) groups is 1. The van der Waals surface area contributed by atoms with Crippen molar-refractivity contribution < 1.29 is 32.5 Å². The third-order valence-corrected chi connectivity index (χ3v) is 7.65. The van der Waals surface area contributed by atoms with E-state index < -0.39 is 14.9 Å². The number of carbonyl (C=O) groups excluding carboxylic acids is 1. The number of benzene rings is 2. The highest BCUT2D eigenvalue weighted by molar-refractivity contribution is 7.89. The van der Waals surface area contributed by atoms with Crippen molar-refractivity contribution in [3.8, 4) is 11.5 Å². The summed E-state index contributed by atoms with van der Waals surface area (Å²) in [5.74, 6) is 0.558. The molecule has 1 amide bonds. The van der Waals surface area contributed by atoms with E-state index >= 15 is 0 Å². The first-order valence-corrected chi connectivity index (χ1v) is 12.0. The van der Waals surface area contributed by atoms with Crippen LogP contribution in [-0.2, 0) is 14.8 Å². The van der Waals surface area contributed by atoms with Crippen LogP contribution in [-0.4, -0.2) is 69.5 Å². The zero-order valence-corrected chi connectivity index (χ0v) is 19.0. The summed E-state index contributed by atoms with van der Waals surface area (Å²) < 4.78 is 38.4. The fourth-order valence-corrected chi connectivity index (χ4v) is 5.32. The number of nitro groups is 1. The molecule has 0 radical (unpaired) electrons. The zero-order valence-electron chi connectivity index (χ0n) is 17.5. The number of piperazine rings is 1. The summed E-state index contributed by atoms with van der Waals surface area (Å²) in [5.41, 5.74) is -0.0184. The van der Waals surface area contributed by atoms with Gasteiger partial charge in [-0.1, -0.05) is 11.6 Å². The third kappa shape index (κ3) is 5.19. The molecule has 1 fully saturated rings. The smallest absolute Gasteiger partial charge is 0.279 e. The van der Waals surface area contributed by atoms with Crippen LogP contribution >= 0.6 is 11.6 Å². The van der Waals surface area contributed by atoms with Gasteiger partial charge in [0.1, 0.15) is 13.2 Å². The van der Waals surface area contributed by atoms with Crippen molar-refractivity contribution in [2.45, 2.75) is 4.90 Å². The number of nitrogens with one attached hydrogen (secondary N) is 2. The number of sulfonamides is 1. The molecule has 0 aromatic heterocycles. The average molecular weight is 498 g/mol. The lowest BCUT2D eigenvalue weighted by Gasteiger charge is -2.31. The molecule has 0 saturated carbocycles. The van der Waals surface area contributed by atoms with Crippen molar-refractivity contribution in [3.05, 3.63) is 51.5 Å². The van der Waals surface area contributed by atoms with E-state index in [1.165, 1.54) is 34.6 Å². The lowest BCUT2D eigenvalue weighted by atomic mass is 10.2. The Labute approximate surface area is 195 Å². The number of non-ortho nitro benzene ring substituents is 1. The van der Waals surface area contributed by atoms with Gasteiger partial charge in [-0.05, 0) is 18.2 Å². The maximum atomic E-state index is 13.0. The molecule has 0 spiro atoms. The summed E-state index contributed by atoms with van der Waals surface area (Å²) in [7, 11) is -3.71. The van der Waals surface area contributed by atoms with Gasteiger partial charge in [0.2, 0.25) is 10.0 Å². The quantitative estimate of drug-likeness (QED) is 0.440. The van der Waals surface area contributed by atoms with Crippen LogP contribution in [0.2, 0.25) is 5.02 Å². The molecule has 0 atom stereocenters. The van der Waals surface area contributed by atoms with Crippen LogP contribution in [0.1, 0.15) is 0 Å². The van der Waals surface area contributed by atoms with Gasteiger partial charge in [0.15, 0.2) is 18.0 Å². The zero-order chi connectivity index (χ0) is 23.6. The molecule has 176 valence electrons. The number of nitro benzene ring substituents is 1. The molecule has 4 rings (SSSR count). The summed E-state index contributed by atoms with van der Waals surface area (Å²) in [6, 6.07) is 8.37. The van der Waals surface area contributed by atoms with E-state index in [1.54, 1.807) is 6.07 Å². The van der Waals surface area contributed by atoms with E-state index in [-0.39, 0.29) is 46.8 Å². The second-order valence-corrected chi connectivity index (χ2v) is 9.95. The van der Waals surface area contributed by atoms with Gasteiger partial charge in [-0.25, -0.2) is 8.42 Å². The van der Waals surface area contributed by atoms with Crippen LogP contribution in [0, 0.1) is 10.1 Å². The minimum absolute atomic E-state index is 0.0803. The predicted molar refractivity (Wildman–Crippen MR) is 118 cm³/mol. The Bertz CT molecular complexity index is 1180. The number of fused-ring (bicyclic) bond motifs is 1. The minimum Gasteiger partial charge on any atom is -0.486 e.